The van der Waals surface area contributed by atoms with Crippen LogP contribution in [0.3, 0.4) is 0 Å². The van der Waals surface area contributed by atoms with E-state index >= 15 is 0 Å². The van der Waals surface area contributed by atoms with Gasteiger partial charge in [-0.15, -0.1) is 0 Å². The molecule has 0 spiro atoms. The van der Waals surface area contributed by atoms with Crippen molar-refractivity contribution in [1.82, 2.24) is 5.32 Å². The summed E-state index contributed by atoms with van der Waals surface area (Å²) >= 11 is 6.01. The minimum absolute atomic E-state index is 0.257. The summed E-state index contributed by atoms with van der Waals surface area (Å²) in [6, 6.07) is 4.81. The number of nitrogens with two attached hydrogens (primary N) is 1. The summed E-state index contributed by atoms with van der Waals surface area (Å²) in [5.74, 6) is 0.405. The second-order valence-corrected chi connectivity index (χ2v) is 6.41. The van der Waals surface area contributed by atoms with Gasteiger partial charge in [-0.1, -0.05) is 24.9 Å². The highest BCUT2D eigenvalue weighted by molar-refractivity contribution is 6.34. The molecule has 1 aromatic carbocycles. The maximum absolute atomic E-state index is 12.2. The molecule has 1 aromatic rings. The molecule has 1 fully saturated rings. The van der Waals surface area contributed by atoms with Crippen LogP contribution in [0.2, 0.25) is 5.02 Å². The van der Waals surface area contributed by atoms with E-state index in [1.165, 1.54) is 0 Å². The largest absolute Gasteiger partial charge is 0.399 e. The van der Waals surface area contributed by atoms with Crippen molar-refractivity contribution < 1.29 is 9.90 Å². The van der Waals surface area contributed by atoms with Gasteiger partial charge in [0.25, 0.3) is 5.91 Å². The monoisotopic (exact) mass is 310 g/mol. The Morgan fingerprint density at radius 1 is 1.48 bits per heavy atom. The highest BCUT2D eigenvalue weighted by atomic mass is 35.5. The highest BCUT2D eigenvalue weighted by Gasteiger charge is 2.33. The fourth-order valence-corrected chi connectivity index (χ4v) is 3.06. The lowest BCUT2D eigenvalue weighted by molar-refractivity contribution is -0.00786. The van der Waals surface area contributed by atoms with Crippen LogP contribution in [-0.2, 0) is 0 Å². The van der Waals surface area contributed by atoms with Gasteiger partial charge in [-0.25, -0.2) is 0 Å². The van der Waals surface area contributed by atoms with Crippen molar-refractivity contribution >= 4 is 23.2 Å². The molecule has 0 heterocycles. The van der Waals surface area contributed by atoms with Crippen LogP contribution in [0.25, 0.3) is 0 Å². The first-order valence-corrected chi connectivity index (χ1v) is 7.87. The average molecular weight is 311 g/mol. The van der Waals surface area contributed by atoms with Gasteiger partial charge in [0, 0.05) is 12.2 Å². The van der Waals surface area contributed by atoms with Gasteiger partial charge >= 0.3 is 0 Å². The van der Waals surface area contributed by atoms with E-state index in [-0.39, 0.29) is 12.5 Å². The molecule has 2 rings (SSSR count). The molecule has 116 valence electrons. The van der Waals surface area contributed by atoms with Crippen molar-refractivity contribution in [3.05, 3.63) is 28.8 Å². The summed E-state index contributed by atoms with van der Waals surface area (Å²) in [4.78, 5) is 12.2. The predicted octanol–water partition coefficient (Wildman–Crippen LogP) is 2.98. The van der Waals surface area contributed by atoms with E-state index in [1.54, 1.807) is 18.2 Å². The topological polar surface area (TPSA) is 75.3 Å². The molecule has 0 bridgehead atoms. The maximum atomic E-state index is 12.2. The zero-order valence-corrected chi connectivity index (χ0v) is 13.1. The van der Waals surface area contributed by atoms with E-state index in [1.807, 2.05) is 0 Å². The predicted molar refractivity (Wildman–Crippen MR) is 85.4 cm³/mol. The summed E-state index contributed by atoms with van der Waals surface area (Å²) in [6.45, 7) is 2.44. The minimum atomic E-state index is -0.797. The average Bonchev–Trinajstić information content (AvgIpc) is 2.48. The van der Waals surface area contributed by atoms with Gasteiger partial charge < -0.3 is 16.2 Å². The van der Waals surface area contributed by atoms with E-state index in [4.69, 9.17) is 17.3 Å². The number of halogens is 1. The van der Waals surface area contributed by atoms with Gasteiger partial charge in [-0.2, -0.15) is 0 Å². The third-order valence-electron chi connectivity index (χ3n) is 4.43. The third-order valence-corrected chi connectivity index (χ3v) is 4.76. The number of carbonyl (C=O) groups excluding carboxylic acids is 1. The Hall–Kier alpha value is -1.26. The molecule has 1 saturated carbocycles. The molecular formula is C16H23ClN2O2. The van der Waals surface area contributed by atoms with Crippen LogP contribution in [0.1, 0.15) is 49.4 Å². The quantitative estimate of drug-likeness (QED) is 0.748. The Labute approximate surface area is 130 Å². The van der Waals surface area contributed by atoms with Crippen LogP contribution in [0.5, 0.6) is 0 Å². The van der Waals surface area contributed by atoms with Crippen LogP contribution < -0.4 is 11.1 Å². The summed E-state index contributed by atoms with van der Waals surface area (Å²) in [7, 11) is 0. The van der Waals surface area contributed by atoms with Crippen LogP contribution in [-0.4, -0.2) is 23.2 Å². The van der Waals surface area contributed by atoms with Crippen molar-refractivity contribution in [1.29, 1.82) is 0 Å². The van der Waals surface area contributed by atoms with Crippen molar-refractivity contribution in [2.45, 2.75) is 44.6 Å². The molecule has 0 atom stereocenters. The van der Waals surface area contributed by atoms with Gasteiger partial charge in [0.2, 0.25) is 0 Å². The Morgan fingerprint density at radius 3 is 2.76 bits per heavy atom. The van der Waals surface area contributed by atoms with Crippen molar-refractivity contribution in [2.75, 3.05) is 12.3 Å². The van der Waals surface area contributed by atoms with E-state index in [2.05, 4.69) is 12.2 Å². The van der Waals surface area contributed by atoms with Crippen molar-refractivity contribution in [3.63, 3.8) is 0 Å². The molecule has 5 heteroatoms. The Morgan fingerprint density at radius 2 is 2.14 bits per heavy atom. The molecule has 4 N–H and O–H groups in total. The van der Waals surface area contributed by atoms with E-state index in [0.717, 1.165) is 32.1 Å². The molecule has 4 nitrogen and oxygen atoms in total. The van der Waals surface area contributed by atoms with Crippen LogP contribution >= 0.6 is 11.6 Å². The molecule has 0 aliphatic heterocycles. The number of nitrogen functional groups attached to an aromatic ring is 1. The van der Waals surface area contributed by atoms with Crippen LogP contribution in [0.15, 0.2) is 18.2 Å². The SMILES string of the molecule is CCC1CCC(O)(CNC(=O)c2cc(N)ccc2Cl)CC1. The second kappa shape index (κ2) is 6.67. The lowest BCUT2D eigenvalue weighted by Gasteiger charge is -2.35. The number of carbonyl (C=O) groups is 1. The number of aliphatic hydroxyl groups is 1. The summed E-state index contributed by atoms with van der Waals surface area (Å²) < 4.78 is 0. The van der Waals surface area contributed by atoms with E-state index in [0.29, 0.717) is 22.2 Å². The first kappa shape index (κ1) is 16.1. The number of nitrogens with one attached hydrogen (secondary N) is 1. The Kier molecular flexibility index (Phi) is 5.12. The zero-order chi connectivity index (χ0) is 15.5. The molecule has 0 aromatic heterocycles. The van der Waals surface area contributed by atoms with Gasteiger partial charge in [-0.05, 0) is 49.8 Å². The molecule has 21 heavy (non-hydrogen) atoms. The fraction of sp³-hybridized carbons (Fsp3) is 0.562. The molecular weight excluding hydrogens is 288 g/mol. The van der Waals surface area contributed by atoms with E-state index in [9.17, 15) is 9.90 Å². The normalized spacial score (nSPS) is 25.6. The first-order chi connectivity index (χ1) is 9.93. The van der Waals surface area contributed by atoms with E-state index < -0.39 is 5.60 Å². The Balaban J connectivity index is 1.93. The fourth-order valence-electron chi connectivity index (χ4n) is 2.86. The first-order valence-electron chi connectivity index (χ1n) is 7.49. The molecule has 0 unspecified atom stereocenters. The van der Waals surface area contributed by atoms with Crippen LogP contribution in [0.4, 0.5) is 5.69 Å². The van der Waals surface area contributed by atoms with Gasteiger partial charge in [0.15, 0.2) is 0 Å². The minimum Gasteiger partial charge on any atom is -0.399 e. The standard InChI is InChI=1S/C16H23ClN2O2/c1-2-11-5-7-16(21,8-6-11)10-19-15(20)13-9-12(18)3-4-14(13)17/h3-4,9,11,21H,2,5-8,10,18H2,1H3,(H,19,20). The van der Waals surface area contributed by atoms with Gasteiger partial charge in [0.05, 0.1) is 16.2 Å². The van der Waals surface area contributed by atoms with Gasteiger partial charge in [-0.3, -0.25) is 4.79 Å². The molecule has 1 amide bonds. The third kappa shape index (κ3) is 4.11. The number of anilines is 1. The summed E-state index contributed by atoms with van der Waals surface area (Å²) in [5.41, 5.74) is 5.72. The zero-order valence-electron chi connectivity index (χ0n) is 12.4. The number of hydrogen-bond acceptors (Lipinski definition) is 3. The molecule has 1 aliphatic carbocycles. The smallest absolute Gasteiger partial charge is 0.252 e. The maximum Gasteiger partial charge on any atom is 0.252 e. The van der Waals surface area contributed by atoms with Crippen LogP contribution in [0, 0.1) is 5.92 Å². The highest BCUT2D eigenvalue weighted by Crippen LogP contribution is 2.33. The number of benzene rings is 1. The van der Waals surface area contributed by atoms with Gasteiger partial charge in [0.1, 0.15) is 0 Å². The second-order valence-electron chi connectivity index (χ2n) is 6.00. The lowest BCUT2D eigenvalue weighted by Crippen LogP contribution is -2.45. The number of amides is 1. The lowest BCUT2D eigenvalue weighted by atomic mass is 9.78. The summed E-state index contributed by atoms with van der Waals surface area (Å²) in [6.07, 6.45) is 4.65. The van der Waals surface area contributed by atoms with Crippen molar-refractivity contribution in [2.24, 2.45) is 5.92 Å². The molecule has 1 aliphatic rings. The Bertz CT molecular complexity index is 511. The summed E-state index contributed by atoms with van der Waals surface area (Å²) in [5, 5.41) is 13.7. The number of hydrogen-bond donors (Lipinski definition) is 3. The molecule has 0 saturated heterocycles. The molecule has 0 radical (unpaired) electrons. The van der Waals surface area contributed by atoms with Crippen molar-refractivity contribution in [3.8, 4) is 0 Å². The number of rotatable bonds is 4.